The van der Waals surface area contributed by atoms with E-state index in [9.17, 15) is 0 Å². The number of nitrogens with zero attached hydrogens (tertiary/aromatic N) is 1. The van der Waals surface area contributed by atoms with E-state index in [0.717, 1.165) is 6.42 Å². The lowest BCUT2D eigenvalue weighted by Crippen LogP contribution is -2.32. The molecule has 73 heavy (non-hydrogen) atoms. The van der Waals surface area contributed by atoms with Crippen molar-refractivity contribution in [1.29, 1.82) is 0 Å². The van der Waals surface area contributed by atoms with E-state index in [2.05, 4.69) is 224 Å². The summed E-state index contributed by atoms with van der Waals surface area (Å²) in [5.74, 6) is 5.52. The first-order valence-corrected chi connectivity index (χ1v) is 35.6. The molecule has 2 spiro atoms. The average molecular weight is 1030 g/mol. The van der Waals surface area contributed by atoms with Crippen molar-refractivity contribution in [2.24, 2.45) is 5.41 Å². The van der Waals surface area contributed by atoms with Crippen molar-refractivity contribution in [3.8, 4) is 22.3 Å². The van der Waals surface area contributed by atoms with Gasteiger partial charge in [0.2, 0.25) is 0 Å². The van der Waals surface area contributed by atoms with Gasteiger partial charge in [-0.05, 0) is 207 Å². The summed E-state index contributed by atoms with van der Waals surface area (Å²) < 4.78 is 0. The Balaban J connectivity index is 0.748. The molecule has 3 unspecified atom stereocenters. The molecule has 2 fully saturated rings. The van der Waals surface area contributed by atoms with Crippen LogP contribution in [0.1, 0.15) is 56.1 Å². The number of hydrogen-bond acceptors (Lipinski definition) is 2. The fourth-order valence-corrected chi connectivity index (χ4v) is 29.1. The van der Waals surface area contributed by atoms with Gasteiger partial charge in [-0.1, -0.05) is 116 Å². The SMILES string of the molecule is CC1(C2=CC3c4ccccc4S4(CCCC4)c4ccccc4NC3C=C2)C=C2C(=CC1)c1cc3c(cc1S2(C)C)S(C)(C)c1cc(-c2ccc(N4c5ccccc5S5(CCCC5)c5ccccc54)cc2)ccc1-3. The number of benzene rings is 7. The second-order valence-corrected chi connectivity index (χ2v) is 37.0. The number of nitrogens with one attached hydrogen (secondary N) is 1. The fourth-order valence-electron chi connectivity index (χ4n) is 14.7. The van der Waals surface area contributed by atoms with Gasteiger partial charge in [0.05, 0.1) is 17.4 Å². The Bertz CT molecular complexity index is 3590. The van der Waals surface area contributed by atoms with Crippen molar-refractivity contribution in [3.05, 3.63) is 204 Å². The zero-order valence-electron chi connectivity index (χ0n) is 42.9. The molecule has 1 N–H and O–H groups in total. The summed E-state index contributed by atoms with van der Waals surface area (Å²) in [4.78, 5) is 15.1. The maximum Gasteiger partial charge on any atom is 0.0586 e. The number of para-hydroxylation sites is 3. The van der Waals surface area contributed by atoms with Crippen LogP contribution in [0, 0.1) is 5.41 Å². The molecule has 8 aliphatic rings. The summed E-state index contributed by atoms with van der Waals surface area (Å²) in [6.07, 6.45) is 29.6. The van der Waals surface area contributed by atoms with E-state index < -0.39 is 40.1 Å². The van der Waals surface area contributed by atoms with Crippen molar-refractivity contribution in [2.45, 2.75) is 85.3 Å². The quantitative estimate of drug-likeness (QED) is 0.190. The molecule has 7 aromatic carbocycles. The summed E-state index contributed by atoms with van der Waals surface area (Å²) in [6, 6.07) is 59.9. The standard InChI is InChI=1S/C67H66N2S4/c1-67(47-29-33-55-52(41-47)49-18-6-10-22-59(49)72(36-14-15-37-72)60-23-11-7-19-56(60)68-55)35-34-51-54-42-53-50-32-28-46(40-63(50)70(2,3)64(53)43-65(54)71(4,5)66(51)44-67)45-26-30-48(31-27-45)69-57-20-8-12-24-61(57)73(38-16-17-39-73)62-25-13-9-21-58(62)69/h6-13,18-34,40-44,52,55,68H,14-17,35-39H2,1-5H3. The largest absolute Gasteiger partial charge is 0.377 e. The third kappa shape index (κ3) is 6.30. The van der Waals surface area contributed by atoms with Gasteiger partial charge in [-0.15, -0.1) is 0 Å². The van der Waals surface area contributed by atoms with Gasteiger partial charge in [0.15, 0.2) is 0 Å². The predicted octanol–water partition coefficient (Wildman–Crippen LogP) is 18.8. The smallest absolute Gasteiger partial charge is 0.0586 e. The predicted molar refractivity (Wildman–Crippen MR) is 321 cm³/mol. The molecule has 2 saturated heterocycles. The van der Waals surface area contributed by atoms with Crippen LogP contribution in [-0.2, 0) is 0 Å². The summed E-state index contributed by atoms with van der Waals surface area (Å²) in [7, 11) is -4.66. The van der Waals surface area contributed by atoms with Crippen molar-refractivity contribution in [2.75, 3.05) is 58.3 Å². The molecule has 6 aliphatic heterocycles. The highest BCUT2D eigenvalue weighted by molar-refractivity contribution is 8.36. The van der Waals surface area contributed by atoms with E-state index in [-0.39, 0.29) is 17.4 Å². The van der Waals surface area contributed by atoms with Crippen LogP contribution in [0.4, 0.5) is 22.7 Å². The number of hydrogen-bond donors (Lipinski definition) is 1. The Hall–Kier alpha value is -5.50. The molecule has 3 atom stereocenters. The summed E-state index contributed by atoms with van der Waals surface area (Å²) in [6.45, 7) is 2.52. The van der Waals surface area contributed by atoms with Gasteiger partial charge >= 0.3 is 0 Å². The Kier molecular flexibility index (Phi) is 9.85. The van der Waals surface area contributed by atoms with Crippen molar-refractivity contribution in [1.82, 2.24) is 0 Å². The molecule has 0 aromatic heterocycles. The molecule has 2 nitrogen and oxygen atoms in total. The van der Waals surface area contributed by atoms with Crippen molar-refractivity contribution in [3.63, 3.8) is 0 Å². The molecular weight excluding hydrogens is 961 g/mol. The van der Waals surface area contributed by atoms with E-state index >= 15 is 0 Å². The lowest BCUT2D eigenvalue weighted by molar-refractivity contribution is 0.520. The molecule has 0 saturated carbocycles. The molecule has 2 aliphatic carbocycles. The Morgan fingerprint density at radius 2 is 1.12 bits per heavy atom. The minimum Gasteiger partial charge on any atom is -0.377 e. The molecule has 0 bridgehead atoms. The van der Waals surface area contributed by atoms with Gasteiger partial charge in [-0.3, -0.25) is 0 Å². The zero-order valence-corrected chi connectivity index (χ0v) is 46.2. The van der Waals surface area contributed by atoms with Crippen LogP contribution >= 0.6 is 40.1 Å². The van der Waals surface area contributed by atoms with Crippen LogP contribution in [0.2, 0.25) is 0 Å². The van der Waals surface area contributed by atoms with Gasteiger partial charge in [0, 0.05) is 52.1 Å². The van der Waals surface area contributed by atoms with Crippen LogP contribution in [-0.4, -0.2) is 54.1 Å². The summed E-state index contributed by atoms with van der Waals surface area (Å²) >= 11 is 0. The van der Waals surface area contributed by atoms with E-state index in [1.807, 2.05) is 0 Å². The number of fused-ring (bicyclic) bond motifs is 16. The molecule has 0 radical (unpaired) electrons. The second-order valence-electron chi connectivity index (χ2n) is 23.0. The monoisotopic (exact) mass is 1030 g/mol. The highest BCUT2D eigenvalue weighted by Gasteiger charge is 2.46. The van der Waals surface area contributed by atoms with Crippen LogP contribution in [0.15, 0.2) is 227 Å². The van der Waals surface area contributed by atoms with E-state index in [0.29, 0.717) is 0 Å². The van der Waals surface area contributed by atoms with Crippen LogP contribution in [0.5, 0.6) is 0 Å². The Morgan fingerprint density at radius 3 is 1.84 bits per heavy atom. The van der Waals surface area contributed by atoms with Crippen LogP contribution < -0.4 is 10.2 Å². The Morgan fingerprint density at radius 1 is 0.534 bits per heavy atom. The lowest BCUT2D eigenvalue weighted by atomic mass is 9.71. The maximum absolute atomic E-state index is 4.13. The number of anilines is 4. The zero-order chi connectivity index (χ0) is 49.1. The molecule has 15 rings (SSSR count). The maximum atomic E-state index is 4.13. The average Bonchev–Trinajstić information content (AvgIpc) is 4.21. The first kappa shape index (κ1) is 44.9. The van der Waals surface area contributed by atoms with E-state index in [1.165, 1.54) is 115 Å². The van der Waals surface area contributed by atoms with Gasteiger partial charge < -0.3 is 10.2 Å². The summed E-state index contributed by atoms with van der Waals surface area (Å²) in [5, 5.41) is 4.13. The molecule has 6 heteroatoms. The van der Waals surface area contributed by atoms with Gasteiger partial charge in [0.25, 0.3) is 0 Å². The molecule has 7 aromatic rings. The molecule has 368 valence electrons. The summed E-state index contributed by atoms with van der Waals surface area (Å²) in [5.41, 5.74) is 16.7. The molecular formula is C67H66N2S4. The lowest BCUT2D eigenvalue weighted by Gasteiger charge is -2.47. The van der Waals surface area contributed by atoms with E-state index in [1.54, 1.807) is 39.8 Å². The minimum absolute atomic E-state index is 0.0871. The van der Waals surface area contributed by atoms with Crippen LogP contribution in [0.3, 0.4) is 0 Å². The highest BCUT2D eigenvalue weighted by Crippen LogP contribution is 2.77. The van der Waals surface area contributed by atoms with Gasteiger partial charge in [0.1, 0.15) is 0 Å². The molecule has 0 amide bonds. The second kappa shape index (κ2) is 16.0. The Labute approximate surface area is 440 Å². The van der Waals surface area contributed by atoms with Gasteiger partial charge in [-0.2, -0.15) is 40.1 Å². The van der Waals surface area contributed by atoms with Gasteiger partial charge in [-0.25, -0.2) is 0 Å². The highest BCUT2D eigenvalue weighted by atomic mass is 32.3. The number of allylic oxidation sites excluding steroid dienone is 5. The number of rotatable bonds is 3. The first-order chi connectivity index (χ1) is 35.5. The third-order valence-electron chi connectivity index (χ3n) is 18.5. The van der Waals surface area contributed by atoms with Crippen LogP contribution in [0.25, 0.3) is 27.8 Å². The molecule has 6 heterocycles. The minimum atomic E-state index is -1.27. The van der Waals surface area contributed by atoms with Crippen molar-refractivity contribution >= 4 is 68.4 Å². The van der Waals surface area contributed by atoms with Crippen molar-refractivity contribution < 1.29 is 0 Å². The topological polar surface area (TPSA) is 15.3 Å². The first-order valence-electron chi connectivity index (χ1n) is 26.7. The third-order valence-corrected chi connectivity index (χ3v) is 33.0. The fraction of sp³-hybridized carbons (Fsp3) is 0.254. The van der Waals surface area contributed by atoms with E-state index in [4.69, 9.17) is 0 Å². The normalized spacial score (nSPS) is 26.0.